The van der Waals surface area contributed by atoms with Gasteiger partial charge in [0.15, 0.2) is 0 Å². The average molecular weight is 247 g/mol. The van der Waals surface area contributed by atoms with E-state index < -0.39 is 0 Å². The van der Waals surface area contributed by atoms with Crippen LogP contribution < -0.4 is 10.1 Å². The summed E-state index contributed by atoms with van der Waals surface area (Å²) in [6, 6.07) is 6.82. The molecule has 0 saturated heterocycles. The van der Waals surface area contributed by atoms with E-state index in [1.165, 1.54) is 11.1 Å². The van der Waals surface area contributed by atoms with Gasteiger partial charge in [0.25, 0.3) is 0 Å². The van der Waals surface area contributed by atoms with E-state index in [4.69, 9.17) is 4.74 Å². The molecule has 0 atom stereocenters. The minimum absolute atomic E-state index is 0.480. The Labute approximate surface area is 111 Å². The number of hydrogen-bond acceptors (Lipinski definition) is 2. The van der Waals surface area contributed by atoms with Crippen molar-refractivity contribution in [2.45, 2.75) is 46.7 Å². The van der Waals surface area contributed by atoms with Crippen LogP contribution in [0.4, 0.5) is 0 Å². The van der Waals surface area contributed by atoms with Crippen molar-refractivity contribution in [3.63, 3.8) is 0 Å². The molecule has 1 aromatic rings. The molecule has 0 aliphatic rings. The summed E-state index contributed by atoms with van der Waals surface area (Å²) in [7, 11) is 0. The molecule has 0 spiro atoms. The third kappa shape index (κ3) is 5.37. The lowest BCUT2D eigenvalue weighted by Crippen LogP contribution is -2.22. The Kier molecular flexibility index (Phi) is 5.93. The summed E-state index contributed by atoms with van der Waals surface area (Å²) in [4.78, 5) is 0. The molecule has 2 nitrogen and oxygen atoms in total. The van der Waals surface area contributed by atoms with Crippen molar-refractivity contribution >= 4 is 0 Å². The molecule has 0 radical (unpaired) electrons. The number of hydrogen-bond donors (Lipinski definition) is 1. The van der Waals surface area contributed by atoms with Gasteiger partial charge in [0, 0.05) is 24.6 Å². The van der Waals surface area contributed by atoms with E-state index in [2.05, 4.69) is 50.9 Å². The van der Waals surface area contributed by atoms with E-state index in [9.17, 15) is 0 Å². The van der Waals surface area contributed by atoms with E-state index in [1.807, 2.05) is 6.92 Å². The van der Waals surface area contributed by atoms with Crippen LogP contribution >= 0.6 is 0 Å². The second-order valence-corrected chi connectivity index (χ2v) is 5.20. The Morgan fingerprint density at radius 2 is 2.11 bits per heavy atom. The first-order chi connectivity index (χ1) is 8.49. The summed E-state index contributed by atoms with van der Waals surface area (Å²) < 4.78 is 5.83. The molecule has 0 aliphatic heterocycles. The van der Waals surface area contributed by atoms with E-state index in [-0.39, 0.29) is 0 Å². The molecular formula is C16H25NO. The molecule has 0 amide bonds. The summed E-state index contributed by atoms with van der Waals surface area (Å²) in [5.41, 5.74) is 3.65. The first-order valence-electron chi connectivity index (χ1n) is 6.59. The van der Waals surface area contributed by atoms with Crippen molar-refractivity contribution in [1.29, 1.82) is 0 Å². The summed E-state index contributed by atoms with van der Waals surface area (Å²) in [6.45, 7) is 13.9. The van der Waals surface area contributed by atoms with E-state index in [1.54, 1.807) is 0 Å². The summed E-state index contributed by atoms with van der Waals surface area (Å²) in [5.74, 6) is 0.981. The van der Waals surface area contributed by atoms with Gasteiger partial charge in [0.05, 0.1) is 6.61 Å². The Bertz CT molecular complexity index is 396. The van der Waals surface area contributed by atoms with Crippen LogP contribution in [0.1, 0.15) is 38.3 Å². The maximum Gasteiger partial charge on any atom is 0.123 e. The fourth-order valence-electron chi connectivity index (χ4n) is 1.64. The SMILES string of the molecule is C=C(C)CCOc1ccc(C)cc1CNC(C)C. The van der Waals surface area contributed by atoms with Gasteiger partial charge in [0.1, 0.15) is 5.75 Å². The standard InChI is InChI=1S/C16H25NO/c1-12(2)8-9-18-16-7-6-14(5)10-15(16)11-17-13(3)4/h6-7,10,13,17H,1,8-9,11H2,2-5H3. The molecule has 0 unspecified atom stereocenters. The largest absolute Gasteiger partial charge is 0.493 e. The summed E-state index contributed by atoms with van der Waals surface area (Å²) in [5, 5.41) is 3.43. The number of ether oxygens (including phenoxy) is 1. The van der Waals surface area contributed by atoms with E-state index in [0.717, 1.165) is 24.3 Å². The summed E-state index contributed by atoms with van der Waals surface area (Å²) >= 11 is 0. The number of nitrogens with one attached hydrogen (secondary N) is 1. The predicted octanol–water partition coefficient (Wildman–Crippen LogP) is 3.84. The second kappa shape index (κ2) is 7.22. The van der Waals surface area contributed by atoms with Crippen LogP contribution in [0.2, 0.25) is 0 Å². The smallest absolute Gasteiger partial charge is 0.123 e. The molecule has 0 bridgehead atoms. The molecule has 100 valence electrons. The lowest BCUT2D eigenvalue weighted by Gasteiger charge is -2.14. The number of rotatable bonds is 7. The zero-order chi connectivity index (χ0) is 13.5. The van der Waals surface area contributed by atoms with E-state index >= 15 is 0 Å². The molecule has 0 fully saturated rings. The minimum atomic E-state index is 0.480. The highest BCUT2D eigenvalue weighted by molar-refractivity contribution is 5.36. The molecule has 0 heterocycles. The van der Waals surface area contributed by atoms with Gasteiger partial charge < -0.3 is 10.1 Å². The van der Waals surface area contributed by atoms with Crippen molar-refractivity contribution in [1.82, 2.24) is 5.32 Å². The van der Waals surface area contributed by atoms with Crippen LogP contribution in [0.15, 0.2) is 30.4 Å². The molecule has 2 heteroatoms. The fourth-order valence-corrected chi connectivity index (χ4v) is 1.64. The van der Waals surface area contributed by atoms with Gasteiger partial charge in [-0.25, -0.2) is 0 Å². The van der Waals surface area contributed by atoms with Gasteiger partial charge in [0.2, 0.25) is 0 Å². The lowest BCUT2D eigenvalue weighted by molar-refractivity contribution is 0.317. The van der Waals surface area contributed by atoms with Gasteiger partial charge in [-0.1, -0.05) is 37.1 Å². The maximum absolute atomic E-state index is 5.83. The third-order valence-electron chi connectivity index (χ3n) is 2.70. The normalized spacial score (nSPS) is 10.7. The van der Waals surface area contributed by atoms with Crippen molar-refractivity contribution in [3.8, 4) is 5.75 Å². The molecule has 18 heavy (non-hydrogen) atoms. The monoisotopic (exact) mass is 247 g/mol. The van der Waals surface area contributed by atoms with Crippen LogP contribution in [-0.2, 0) is 6.54 Å². The Morgan fingerprint density at radius 1 is 1.39 bits per heavy atom. The molecular weight excluding hydrogens is 222 g/mol. The Hall–Kier alpha value is -1.28. The van der Waals surface area contributed by atoms with Crippen molar-refractivity contribution < 1.29 is 4.74 Å². The van der Waals surface area contributed by atoms with Gasteiger partial charge in [-0.3, -0.25) is 0 Å². The highest BCUT2D eigenvalue weighted by atomic mass is 16.5. The minimum Gasteiger partial charge on any atom is -0.493 e. The van der Waals surface area contributed by atoms with Crippen molar-refractivity contribution in [3.05, 3.63) is 41.5 Å². The second-order valence-electron chi connectivity index (χ2n) is 5.20. The van der Waals surface area contributed by atoms with Crippen LogP contribution in [0.5, 0.6) is 5.75 Å². The van der Waals surface area contributed by atoms with Gasteiger partial charge in [-0.2, -0.15) is 0 Å². The first-order valence-corrected chi connectivity index (χ1v) is 6.59. The Balaban J connectivity index is 2.66. The zero-order valence-corrected chi connectivity index (χ0v) is 12.0. The quantitative estimate of drug-likeness (QED) is 0.739. The van der Waals surface area contributed by atoms with Gasteiger partial charge >= 0.3 is 0 Å². The van der Waals surface area contributed by atoms with Crippen molar-refractivity contribution in [2.75, 3.05) is 6.61 Å². The zero-order valence-electron chi connectivity index (χ0n) is 12.0. The lowest BCUT2D eigenvalue weighted by atomic mass is 10.1. The van der Waals surface area contributed by atoms with E-state index in [0.29, 0.717) is 12.6 Å². The number of benzene rings is 1. The Morgan fingerprint density at radius 3 is 2.72 bits per heavy atom. The predicted molar refractivity (Wildman–Crippen MR) is 78.1 cm³/mol. The first kappa shape index (κ1) is 14.8. The maximum atomic E-state index is 5.83. The average Bonchev–Trinajstić information content (AvgIpc) is 2.28. The molecule has 1 aromatic carbocycles. The molecule has 0 aliphatic carbocycles. The molecule has 0 saturated carbocycles. The molecule has 0 aromatic heterocycles. The molecule has 1 N–H and O–H groups in total. The van der Waals surface area contributed by atoms with Crippen LogP contribution in [-0.4, -0.2) is 12.6 Å². The highest BCUT2D eigenvalue weighted by Crippen LogP contribution is 2.20. The van der Waals surface area contributed by atoms with Gasteiger partial charge in [-0.15, -0.1) is 6.58 Å². The summed E-state index contributed by atoms with van der Waals surface area (Å²) in [6.07, 6.45) is 0.908. The van der Waals surface area contributed by atoms with Crippen LogP contribution in [0.3, 0.4) is 0 Å². The molecule has 1 rings (SSSR count). The van der Waals surface area contributed by atoms with Crippen LogP contribution in [0, 0.1) is 6.92 Å². The highest BCUT2D eigenvalue weighted by Gasteiger charge is 2.05. The number of aryl methyl sites for hydroxylation is 1. The fraction of sp³-hybridized carbons (Fsp3) is 0.500. The van der Waals surface area contributed by atoms with Gasteiger partial charge in [-0.05, 0) is 19.9 Å². The topological polar surface area (TPSA) is 21.3 Å². The third-order valence-corrected chi connectivity index (χ3v) is 2.70. The van der Waals surface area contributed by atoms with Crippen LogP contribution in [0.25, 0.3) is 0 Å². The van der Waals surface area contributed by atoms with Crippen molar-refractivity contribution in [2.24, 2.45) is 0 Å².